The fourth-order valence-corrected chi connectivity index (χ4v) is 3.77. The van der Waals surface area contributed by atoms with E-state index in [0.29, 0.717) is 22.9 Å². The summed E-state index contributed by atoms with van der Waals surface area (Å²) in [7, 11) is 0. The van der Waals surface area contributed by atoms with Gasteiger partial charge in [-0.05, 0) is 23.7 Å². The fraction of sp³-hybridized carbons (Fsp3) is 0.812. The van der Waals surface area contributed by atoms with E-state index < -0.39 is 0 Å². The van der Waals surface area contributed by atoms with Gasteiger partial charge in [-0.15, -0.1) is 0 Å². The van der Waals surface area contributed by atoms with E-state index in [-0.39, 0.29) is 0 Å². The highest BCUT2D eigenvalue weighted by atomic mass is 15.2. The Labute approximate surface area is 116 Å². The van der Waals surface area contributed by atoms with Crippen LogP contribution in [0.3, 0.4) is 0 Å². The summed E-state index contributed by atoms with van der Waals surface area (Å²) in [6.07, 6.45) is 10.8. The average molecular weight is 261 g/mol. The lowest BCUT2D eigenvalue weighted by atomic mass is 9.95. The Morgan fingerprint density at radius 1 is 1.11 bits per heavy atom. The lowest BCUT2D eigenvalue weighted by Crippen LogP contribution is -2.19. The molecule has 0 bridgehead atoms. The van der Waals surface area contributed by atoms with Gasteiger partial charge in [0.1, 0.15) is 0 Å². The van der Waals surface area contributed by atoms with E-state index in [4.69, 9.17) is 0 Å². The maximum absolute atomic E-state index is 4.55. The predicted molar refractivity (Wildman–Crippen MR) is 79.3 cm³/mol. The van der Waals surface area contributed by atoms with Crippen LogP contribution in [0.25, 0.3) is 0 Å². The molecule has 3 rings (SSSR count). The van der Waals surface area contributed by atoms with Crippen LogP contribution in [0.15, 0.2) is 12.4 Å². The minimum atomic E-state index is 0.357. The Balaban J connectivity index is 1.75. The number of hydrogen-bond donors (Lipinski definition) is 1. The summed E-state index contributed by atoms with van der Waals surface area (Å²) >= 11 is 0. The first-order valence-electron chi connectivity index (χ1n) is 7.74. The molecule has 2 fully saturated rings. The number of aromatic nitrogens is 2. The highest BCUT2D eigenvalue weighted by Gasteiger charge is 2.65. The standard InChI is InChI=1S/C16H27N3/c1-15(2)13(16(15,3)4)18-14-17-10-11-19(14)12-8-6-5-7-9-12/h10-13H,5-9H2,1-4H3,(H,17,18). The molecule has 0 unspecified atom stereocenters. The summed E-state index contributed by atoms with van der Waals surface area (Å²) in [4.78, 5) is 4.55. The summed E-state index contributed by atoms with van der Waals surface area (Å²) in [5.74, 6) is 1.08. The monoisotopic (exact) mass is 261 g/mol. The average Bonchev–Trinajstić information content (AvgIpc) is 2.77. The van der Waals surface area contributed by atoms with Crippen LogP contribution in [0.4, 0.5) is 5.95 Å². The first-order chi connectivity index (χ1) is 8.94. The quantitative estimate of drug-likeness (QED) is 0.882. The molecule has 2 aliphatic rings. The van der Waals surface area contributed by atoms with Gasteiger partial charge in [-0.2, -0.15) is 0 Å². The SMILES string of the molecule is CC1(C)C(Nc2nccn2C2CCCCC2)C1(C)C. The first-order valence-corrected chi connectivity index (χ1v) is 7.74. The molecular formula is C16H27N3. The van der Waals surface area contributed by atoms with Crippen molar-refractivity contribution >= 4 is 5.95 Å². The molecule has 1 heterocycles. The molecule has 0 spiro atoms. The van der Waals surface area contributed by atoms with Crippen LogP contribution >= 0.6 is 0 Å². The molecule has 3 heteroatoms. The Bertz CT molecular complexity index is 438. The van der Waals surface area contributed by atoms with Gasteiger partial charge in [0, 0.05) is 24.5 Å². The molecule has 0 atom stereocenters. The molecule has 3 nitrogen and oxygen atoms in total. The molecular weight excluding hydrogens is 234 g/mol. The van der Waals surface area contributed by atoms with E-state index in [0.717, 1.165) is 5.95 Å². The van der Waals surface area contributed by atoms with Crippen molar-refractivity contribution in [2.24, 2.45) is 10.8 Å². The number of nitrogens with zero attached hydrogens (tertiary/aromatic N) is 2. The van der Waals surface area contributed by atoms with E-state index in [9.17, 15) is 0 Å². The Morgan fingerprint density at radius 3 is 2.32 bits per heavy atom. The molecule has 106 valence electrons. The van der Waals surface area contributed by atoms with Gasteiger partial charge in [-0.3, -0.25) is 0 Å². The second-order valence-electron chi connectivity index (χ2n) is 7.47. The van der Waals surface area contributed by atoms with E-state index in [1.165, 1.54) is 32.1 Å². The third-order valence-electron chi connectivity index (χ3n) is 5.93. The van der Waals surface area contributed by atoms with Gasteiger partial charge in [-0.1, -0.05) is 47.0 Å². The van der Waals surface area contributed by atoms with Crippen LogP contribution in [0.2, 0.25) is 0 Å². The predicted octanol–water partition coefficient (Wildman–Crippen LogP) is 4.23. The summed E-state index contributed by atoms with van der Waals surface area (Å²) in [6.45, 7) is 9.38. The van der Waals surface area contributed by atoms with Crippen molar-refractivity contribution in [1.82, 2.24) is 9.55 Å². The number of imidazole rings is 1. The molecule has 2 aliphatic carbocycles. The molecule has 0 radical (unpaired) electrons. The Hall–Kier alpha value is -0.990. The Kier molecular flexibility index (Phi) is 2.91. The van der Waals surface area contributed by atoms with E-state index in [1.54, 1.807) is 0 Å². The third kappa shape index (κ3) is 1.98. The molecule has 0 amide bonds. The largest absolute Gasteiger partial charge is 0.352 e. The zero-order chi connectivity index (χ0) is 13.7. The second-order valence-corrected chi connectivity index (χ2v) is 7.47. The van der Waals surface area contributed by atoms with Crippen LogP contribution in [-0.2, 0) is 0 Å². The van der Waals surface area contributed by atoms with Crippen molar-refractivity contribution < 1.29 is 0 Å². The molecule has 0 aromatic carbocycles. The van der Waals surface area contributed by atoms with Gasteiger partial charge >= 0.3 is 0 Å². The van der Waals surface area contributed by atoms with Gasteiger partial charge < -0.3 is 9.88 Å². The summed E-state index contributed by atoms with van der Waals surface area (Å²) in [5.41, 5.74) is 0.715. The van der Waals surface area contributed by atoms with Crippen molar-refractivity contribution in [1.29, 1.82) is 0 Å². The third-order valence-corrected chi connectivity index (χ3v) is 5.93. The first kappa shape index (κ1) is 13.0. The lowest BCUT2D eigenvalue weighted by Gasteiger charge is -2.25. The summed E-state index contributed by atoms with van der Waals surface area (Å²) in [5, 5.41) is 3.69. The topological polar surface area (TPSA) is 29.9 Å². The van der Waals surface area contributed by atoms with Crippen LogP contribution < -0.4 is 5.32 Å². The van der Waals surface area contributed by atoms with E-state index >= 15 is 0 Å². The summed E-state index contributed by atoms with van der Waals surface area (Å²) in [6, 6.07) is 1.19. The maximum atomic E-state index is 4.55. The lowest BCUT2D eigenvalue weighted by molar-refractivity contribution is 0.355. The van der Waals surface area contributed by atoms with Gasteiger partial charge in [0.05, 0.1) is 0 Å². The van der Waals surface area contributed by atoms with Crippen molar-refractivity contribution in [3.63, 3.8) is 0 Å². The van der Waals surface area contributed by atoms with Gasteiger partial charge in [0.15, 0.2) is 0 Å². The highest BCUT2D eigenvalue weighted by molar-refractivity contribution is 5.37. The molecule has 0 aliphatic heterocycles. The number of nitrogens with one attached hydrogen (secondary N) is 1. The minimum absolute atomic E-state index is 0.357. The molecule has 19 heavy (non-hydrogen) atoms. The number of hydrogen-bond acceptors (Lipinski definition) is 2. The number of anilines is 1. The van der Waals surface area contributed by atoms with E-state index in [1.807, 2.05) is 6.20 Å². The molecule has 1 N–H and O–H groups in total. The van der Waals surface area contributed by atoms with Gasteiger partial charge in [0.2, 0.25) is 5.95 Å². The van der Waals surface area contributed by atoms with E-state index in [2.05, 4.69) is 48.8 Å². The van der Waals surface area contributed by atoms with Gasteiger partial charge in [-0.25, -0.2) is 4.98 Å². The van der Waals surface area contributed by atoms with Crippen molar-refractivity contribution in [3.05, 3.63) is 12.4 Å². The molecule has 0 saturated heterocycles. The normalized spacial score (nSPS) is 26.3. The maximum Gasteiger partial charge on any atom is 0.203 e. The number of rotatable bonds is 3. The van der Waals surface area contributed by atoms with Crippen molar-refractivity contribution in [2.45, 2.75) is 71.9 Å². The van der Waals surface area contributed by atoms with Crippen LogP contribution in [0.1, 0.15) is 65.8 Å². The minimum Gasteiger partial charge on any atom is -0.352 e. The smallest absolute Gasteiger partial charge is 0.203 e. The van der Waals surface area contributed by atoms with Crippen molar-refractivity contribution in [3.8, 4) is 0 Å². The zero-order valence-electron chi connectivity index (χ0n) is 12.7. The zero-order valence-corrected chi connectivity index (χ0v) is 12.7. The van der Waals surface area contributed by atoms with Crippen molar-refractivity contribution in [2.75, 3.05) is 5.32 Å². The van der Waals surface area contributed by atoms with Crippen LogP contribution in [-0.4, -0.2) is 15.6 Å². The van der Waals surface area contributed by atoms with Crippen LogP contribution in [0, 0.1) is 10.8 Å². The molecule has 2 saturated carbocycles. The highest BCUT2D eigenvalue weighted by Crippen LogP contribution is 2.63. The van der Waals surface area contributed by atoms with Crippen LogP contribution in [0.5, 0.6) is 0 Å². The fourth-order valence-electron chi connectivity index (χ4n) is 3.77. The van der Waals surface area contributed by atoms with Gasteiger partial charge in [0.25, 0.3) is 0 Å². The Morgan fingerprint density at radius 2 is 1.74 bits per heavy atom. The second kappa shape index (κ2) is 4.26. The summed E-state index contributed by atoms with van der Waals surface area (Å²) < 4.78 is 2.38. The molecule has 1 aromatic rings. The molecule has 1 aromatic heterocycles.